The van der Waals surface area contributed by atoms with Crippen LogP contribution in [0.3, 0.4) is 0 Å². The van der Waals surface area contributed by atoms with E-state index >= 15 is 0 Å². The third kappa shape index (κ3) is 2.57. The quantitative estimate of drug-likeness (QED) is 0.763. The Bertz CT molecular complexity index is 254. The molecule has 2 rings (SSSR count). The van der Waals surface area contributed by atoms with E-state index in [4.69, 9.17) is 0 Å². The number of rotatable bonds is 3. The molecule has 2 unspecified atom stereocenters. The maximum absolute atomic E-state index is 11.8. The zero-order valence-electron chi connectivity index (χ0n) is 10.5. The fraction of sp³-hybridized carbons (Fsp3) is 0.923. The van der Waals surface area contributed by atoms with E-state index in [1.54, 1.807) is 0 Å². The Kier molecular flexibility index (Phi) is 3.85. The second kappa shape index (κ2) is 5.17. The average molecular weight is 224 g/mol. The molecule has 2 aliphatic rings. The van der Waals surface area contributed by atoms with E-state index in [0.717, 1.165) is 24.8 Å². The van der Waals surface area contributed by atoms with Gasteiger partial charge in [0.15, 0.2) is 0 Å². The van der Waals surface area contributed by atoms with Crippen LogP contribution in [0.1, 0.15) is 39.5 Å². The van der Waals surface area contributed by atoms with Gasteiger partial charge >= 0.3 is 0 Å². The van der Waals surface area contributed by atoms with Crippen LogP contribution in [0.25, 0.3) is 0 Å². The summed E-state index contributed by atoms with van der Waals surface area (Å²) in [5.74, 6) is 2.09. The number of carbonyl (C=O) groups excluding carboxylic acids is 1. The Balaban J connectivity index is 1.81. The Hall–Kier alpha value is -0.570. The van der Waals surface area contributed by atoms with E-state index in [2.05, 4.69) is 17.6 Å². The van der Waals surface area contributed by atoms with Crippen LogP contribution >= 0.6 is 0 Å². The molecule has 3 heteroatoms. The molecule has 0 aromatic heterocycles. The summed E-state index contributed by atoms with van der Waals surface area (Å²) in [5.41, 5.74) is 0. The molecule has 0 aromatic rings. The smallest absolute Gasteiger partial charge is 0.223 e. The van der Waals surface area contributed by atoms with Crippen molar-refractivity contribution < 1.29 is 4.79 Å². The summed E-state index contributed by atoms with van der Waals surface area (Å²) in [5, 5.41) is 6.67. The summed E-state index contributed by atoms with van der Waals surface area (Å²) in [4.78, 5) is 11.8. The second-order valence-corrected chi connectivity index (χ2v) is 5.51. The van der Waals surface area contributed by atoms with Crippen LogP contribution in [0.15, 0.2) is 0 Å². The molecule has 1 saturated carbocycles. The number of fused-ring (bicyclic) bond motifs is 1. The largest absolute Gasteiger partial charge is 0.353 e. The highest BCUT2D eigenvalue weighted by Gasteiger charge is 2.34. The summed E-state index contributed by atoms with van der Waals surface area (Å²) in [6.07, 6.45) is 4.57. The molecular weight excluding hydrogens is 200 g/mol. The zero-order chi connectivity index (χ0) is 11.5. The highest BCUT2D eigenvalue weighted by atomic mass is 16.1. The summed E-state index contributed by atoms with van der Waals surface area (Å²) in [6.45, 7) is 6.43. The first-order chi connectivity index (χ1) is 7.70. The number of carbonyl (C=O) groups is 1. The summed E-state index contributed by atoms with van der Waals surface area (Å²) in [7, 11) is 0. The Labute approximate surface area is 98.4 Å². The molecule has 0 aromatic carbocycles. The number of amides is 1. The molecule has 1 aliphatic carbocycles. The van der Waals surface area contributed by atoms with Crippen LogP contribution < -0.4 is 10.6 Å². The molecule has 1 amide bonds. The molecular formula is C13H24N2O. The molecule has 16 heavy (non-hydrogen) atoms. The van der Waals surface area contributed by atoms with Crippen molar-refractivity contribution in [2.45, 2.75) is 45.6 Å². The van der Waals surface area contributed by atoms with Crippen molar-refractivity contribution in [3.8, 4) is 0 Å². The lowest BCUT2D eigenvalue weighted by Gasteiger charge is -2.32. The van der Waals surface area contributed by atoms with Crippen molar-refractivity contribution in [3.63, 3.8) is 0 Å². The van der Waals surface area contributed by atoms with E-state index in [1.807, 2.05) is 6.92 Å². The van der Waals surface area contributed by atoms with Crippen LogP contribution in [-0.4, -0.2) is 25.0 Å². The van der Waals surface area contributed by atoms with Crippen molar-refractivity contribution in [1.29, 1.82) is 0 Å². The van der Waals surface area contributed by atoms with E-state index < -0.39 is 0 Å². The van der Waals surface area contributed by atoms with Gasteiger partial charge in [-0.15, -0.1) is 0 Å². The first-order valence-electron chi connectivity index (χ1n) is 6.71. The molecule has 0 radical (unpaired) electrons. The maximum atomic E-state index is 11.8. The van der Waals surface area contributed by atoms with Crippen molar-refractivity contribution >= 4 is 5.91 Å². The van der Waals surface area contributed by atoms with Crippen molar-refractivity contribution in [3.05, 3.63) is 0 Å². The molecule has 4 atom stereocenters. The van der Waals surface area contributed by atoms with E-state index in [-0.39, 0.29) is 11.8 Å². The molecule has 2 fully saturated rings. The van der Waals surface area contributed by atoms with Gasteiger partial charge < -0.3 is 10.6 Å². The fourth-order valence-electron chi connectivity index (χ4n) is 2.96. The van der Waals surface area contributed by atoms with Gasteiger partial charge in [0.2, 0.25) is 5.91 Å². The standard InChI is InChI=1S/C13H24N2O/c1-3-9(2)13(16)15-12-5-4-10-7-14-8-11(10)6-12/h9-12,14H,3-8H2,1-2H3,(H,15,16)/t9?,10-,11+,12?/m0/s1. The minimum atomic E-state index is 0.166. The maximum Gasteiger partial charge on any atom is 0.223 e. The van der Waals surface area contributed by atoms with Crippen LogP contribution in [0.2, 0.25) is 0 Å². The molecule has 0 bridgehead atoms. The van der Waals surface area contributed by atoms with Crippen LogP contribution in [-0.2, 0) is 4.79 Å². The average Bonchev–Trinajstić information content (AvgIpc) is 2.75. The Morgan fingerprint density at radius 1 is 1.38 bits per heavy atom. The Morgan fingerprint density at radius 3 is 2.88 bits per heavy atom. The van der Waals surface area contributed by atoms with Crippen LogP contribution in [0.4, 0.5) is 0 Å². The first-order valence-corrected chi connectivity index (χ1v) is 6.71. The fourth-order valence-corrected chi connectivity index (χ4v) is 2.96. The van der Waals surface area contributed by atoms with Gasteiger partial charge in [0.1, 0.15) is 0 Å². The van der Waals surface area contributed by atoms with Gasteiger partial charge in [-0.1, -0.05) is 13.8 Å². The normalized spacial score (nSPS) is 35.5. The van der Waals surface area contributed by atoms with Crippen LogP contribution in [0, 0.1) is 17.8 Å². The van der Waals surface area contributed by atoms with E-state index in [1.165, 1.54) is 25.8 Å². The lowest BCUT2D eigenvalue weighted by atomic mass is 9.79. The zero-order valence-corrected chi connectivity index (χ0v) is 10.5. The molecule has 1 saturated heterocycles. The van der Waals surface area contributed by atoms with Gasteiger partial charge in [0.25, 0.3) is 0 Å². The lowest BCUT2D eigenvalue weighted by molar-refractivity contribution is -0.125. The molecule has 3 nitrogen and oxygen atoms in total. The molecule has 2 N–H and O–H groups in total. The van der Waals surface area contributed by atoms with Gasteiger partial charge in [0.05, 0.1) is 0 Å². The highest BCUT2D eigenvalue weighted by molar-refractivity contribution is 5.78. The summed E-state index contributed by atoms with van der Waals surface area (Å²) >= 11 is 0. The predicted octanol–water partition coefficient (Wildman–Crippen LogP) is 1.54. The third-order valence-electron chi connectivity index (χ3n) is 4.36. The first kappa shape index (κ1) is 11.9. The Morgan fingerprint density at radius 2 is 2.12 bits per heavy atom. The molecule has 0 spiro atoms. The lowest BCUT2D eigenvalue weighted by Crippen LogP contribution is -2.42. The highest BCUT2D eigenvalue weighted by Crippen LogP contribution is 2.32. The molecule has 1 aliphatic heterocycles. The van der Waals surface area contributed by atoms with Crippen molar-refractivity contribution in [2.75, 3.05) is 13.1 Å². The van der Waals surface area contributed by atoms with Gasteiger partial charge in [-0.05, 0) is 50.6 Å². The topological polar surface area (TPSA) is 41.1 Å². The van der Waals surface area contributed by atoms with E-state index in [0.29, 0.717) is 6.04 Å². The predicted molar refractivity (Wildman–Crippen MR) is 65.1 cm³/mol. The minimum Gasteiger partial charge on any atom is -0.353 e. The number of hydrogen-bond donors (Lipinski definition) is 2. The van der Waals surface area contributed by atoms with Gasteiger partial charge in [-0.3, -0.25) is 4.79 Å². The van der Waals surface area contributed by atoms with Crippen LogP contribution in [0.5, 0.6) is 0 Å². The van der Waals surface area contributed by atoms with Gasteiger partial charge in [-0.2, -0.15) is 0 Å². The van der Waals surface area contributed by atoms with E-state index in [9.17, 15) is 4.79 Å². The third-order valence-corrected chi connectivity index (χ3v) is 4.36. The SMILES string of the molecule is CCC(C)C(=O)NC1CC[C@H]2CNC[C@H]2C1. The van der Waals surface area contributed by atoms with Gasteiger partial charge in [0, 0.05) is 12.0 Å². The van der Waals surface area contributed by atoms with Crippen molar-refractivity contribution in [1.82, 2.24) is 10.6 Å². The number of nitrogens with one attached hydrogen (secondary N) is 2. The molecule has 1 heterocycles. The number of hydrogen-bond acceptors (Lipinski definition) is 2. The summed E-state index contributed by atoms with van der Waals surface area (Å²) in [6, 6.07) is 0.433. The second-order valence-electron chi connectivity index (χ2n) is 5.51. The van der Waals surface area contributed by atoms with Crippen molar-refractivity contribution in [2.24, 2.45) is 17.8 Å². The molecule has 92 valence electrons. The minimum absolute atomic E-state index is 0.166. The van der Waals surface area contributed by atoms with Gasteiger partial charge in [-0.25, -0.2) is 0 Å². The summed E-state index contributed by atoms with van der Waals surface area (Å²) < 4.78 is 0. The monoisotopic (exact) mass is 224 g/mol.